The Hall–Kier alpha value is -2.12. The summed E-state index contributed by atoms with van der Waals surface area (Å²) in [7, 11) is 0. The number of likely N-dealkylation sites (tertiary alicyclic amines) is 1. The second kappa shape index (κ2) is 7.95. The van der Waals surface area contributed by atoms with E-state index in [1.807, 2.05) is 18.2 Å². The minimum atomic E-state index is -1.01. The Bertz CT molecular complexity index is 750. The third-order valence-corrected chi connectivity index (χ3v) is 7.21. The Morgan fingerprint density at radius 3 is 2.41 bits per heavy atom. The second-order valence-electron chi connectivity index (χ2n) is 8.98. The van der Waals surface area contributed by atoms with Crippen LogP contribution in [0.4, 0.5) is 4.79 Å². The molecule has 1 aromatic rings. The molecule has 2 aliphatic heterocycles. The van der Waals surface area contributed by atoms with Crippen molar-refractivity contribution in [2.75, 3.05) is 39.3 Å². The molecule has 158 valence electrons. The molecule has 1 atom stereocenters. The zero-order valence-corrected chi connectivity index (χ0v) is 16.9. The van der Waals surface area contributed by atoms with Gasteiger partial charge in [-0.1, -0.05) is 43.2 Å². The van der Waals surface area contributed by atoms with Crippen LogP contribution in [0.15, 0.2) is 30.3 Å². The molecule has 1 unspecified atom stereocenters. The van der Waals surface area contributed by atoms with Crippen LogP contribution in [0.3, 0.4) is 0 Å². The zero-order chi connectivity index (χ0) is 20.5. The van der Waals surface area contributed by atoms with Crippen LogP contribution in [0, 0.1) is 5.41 Å². The van der Waals surface area contributed by atoms with Gasteiger partial charge in [-0.15, -0.1) is 0 Å². The number of amides is 2. The van der Waals surface area contributed by atoms with Gasteiger partial charge in [0, 0.05) is 38.1 Å². The summed E-state index contributed by atoms with van der Waals surface area (Å²) in [5, 5.41) is 21.1. The molecule has 3 aliphatic rings. The highest BCUT2D eigenvalue weighted by atomic mass is 16.4. The molecule has 2 amide bonds. The number of aliphatic hydroxyl groups is 1. The fourth-order valence-corrected chi connectivity index (χ4v) is 5.48. The summed E-state index contributed by atoms with van der Waals surface area (Å²) in [6.07, 6.45) is 3.16. The highest BCUT2D eigenvalue weighted by molar-refractivity contribution is 5.79. The highest BCUT2D eigenvalue weighted by Gasteiger charge is 2.56. The van der Waals surface area contributed by atoms with Gasteiger partial charge in [0.2, 0.25) is 5.91 Å². The van der Waals surface area contributed by atoms with E-state index in [9.17, 15) is 19.8 Å². The van der Waals surface area contributed by atoms with Crippen LogP contribution in [0.5, 0.6) is 0 Å². The highest BCUT2D eigenvalue weighted by Crippen LogP contribution is 2.51. The topological polar surface area (TPSA) is 84.3 Å². The summed E-state index contributed by atoms with van der Waals surface area (Å²) >= 11 is 0. The van der Waals surface area contributed by atoms with Crippen LogP contribution in [-0.4, -0.2) is 81.8 Å². The van der Waals surface area contributed by atoms with Gasteiger partial charge in [-0.05, 0) is 24.8 Å². The molecule has 1 aromatic carbocycles. The first kappa shape index (κ1) is 20.2. The van der Waals surface area contributed by atoms with E-state index in [2.05, 4.69) is 17.0 Å². The number of carbonyl (C=O) groups is 2. The number of carboxylic acid groups (broad SMARTS) is 1. The predicted octanol–water partition coefficient (Wildman–Crippen LogP) is 2.01. The van der Waals surface area contributed by atoms with Crippen molar-refractivity contribution in [3.63, 3.8) is 0 Å². The number of nitrogens with zero attached hydrogens (tertiary/aromatic N) is 3. The van der Waals surface area contributed by atoms with Gasteiger partial charge in [-0.3, -0.25) is 9.69 Å². The lowest BCUT2D eigenvalue weighted by molar-refractivity contribution is -0.160. The minimum Gasteiger partial charge on any atom is -0.465 e. The molecule has 0 bridgehead atoms. The molecule has 4 rings (SSSR count). The first-order valence-electron chi connectivity index (χ1n) is 10.7. The van der Waals surface area contributed by atoms with Gasteiger partial charge < -0.3 is 20.0 Å². The molecule has 0 aromatic heterocycles. The molecule has 3 fully saturated rings. The van der Waals surface area contributed by atoms with Crippen molar-refractivity contribution >= 4 is 12.0 Å². The van der Waals surface area contributed by atoms with Gasteiger partial charge >= 0.3 is 6.09 Å². The smallest absolute Gasteiger partial charge is 0.407 e. The maximum atomic E-state index is 12.9. The van der Waals surface area contributed by atoms with E-state index in [0.29, 0.717) is 39.1 Å². The molecule has 2 N–H and O–H groups in total. The maximum Gasteiger partial charge on any atom is 0.407 e. The van der Waals surface area contributed by atoms with Gasteiger partial charge in [0.05, 0.1) is 18.7 Å². The minimum absolute atomic E-state index is 0.0504. The van der Waals surface area contributed by atoms with Gasteiger partial charge in [-0.25, -0.2) is 4.79 Å². The lowest BCUT2D eigenvalue weighted by Gasteiger charge is -2.53. The first-order valence-corrected chi connectivity index (χ1v) is 10.7. The van der Waals surface area contributed by atoms with Crippen molar-refractivity contribution in [1.82, 2.24) is 14.7 Å². The van der Waals surface area contributed by atoms with Crippen LogP contribution >= 0.6 is 0 Å². The molecule has 1 aliphatic carbocycles. The zero-order valence-electron chi connectivity index (χ0n) is 16.9. The van der Waals surface area contributed by atoms with Crippen molar-refractivity contribution < 1.29 is 19.8 Å². The van der Waals surface area contributed by atoms with E-state index in [0.717, 1.165) is 38.8 Å². The van der Waals surface area contributed by atoms with E-state index < -0.39 is 17.1 Å². The summed E-state index contributed by atoms with van der Waals surface area (Å²) < 4.78 is 0. The van der Waals surface area contributed by atoms with E-state index >= 15 is 0 Å². The molecule has 1 spiro atoms. The quantitative estimate of drug-likeness (QED) is 0.806. The Balaban J connectivity index is 1.42. The number of piperazine rings is 1. The van der Waals surface area contributed by atoms with E-state index in [1.54, 1.807) is 4.90 Å². The summed E-state index contributed by atoms with van der Waals surface area (Å²) in [4.78, 5) is 29.8. The number of rotatable bonds is 4. The molecule has 0 radical (unpaired) electrons. The van der Waals surface area contributed by atoms with Crippen LogP contribution in [0.25, 0.3) is 0 Å². The molecular formula is C22H31N3O4. The van der Waals surface area contributed by atoms with Crippen molar-refractivity contribution in [3.8, 4) is 0 Å². The summed E-state index contributed by atoms with van der Waals surface area (Å²) in [5.74, 6) is 0.0504. The lowest BCUT2D eigenvalue weighted by Crippen LogP contribution is -2.65. The fourth-order valence-electron chi connectivity index (χ4n) is 5.48. The van der Waals surface area contributed by atoms with E-state index in [-0.39, 0.29) is 5.91 Å². The van der Waals surface area contributed by atoms with Gasteiger partial charge in [0.25, 0.3) is 0 Å². The third-order valence-electron chi connectivity index (χ3n) is 7.21. The van der Waals surface area contributed by atoms with Crippen LogP contribution in [-0.2, 0) is 11.3 Å². The molecule has 7 nitrogen and oxygen atoms in total. The molecule has 7 heteroatoms. The van der Waals surface area contributed by atoms with Gasteiger partial charge in [0.1, 0.15) is 0 Å². The van der Waals surface area contributed by atoms with Crippen LogP contribution in [0.1, 0.15) is 37.7 Å². The molecule has 1 saturated carbocycles. The van der Waals surface area contributed by atoms with Gasteiger partial charge in [-0.2, -0.15) is 0 Å². The number of benzene rings is 1. The monoisotopic (exact) mass is 401 g/mol. The molecular weight excluding hydrogens is 370 g/mol. The molecule has 2 heterocycles. The van der Waals surface area contributed by atoms with E-state index in [4.69, 9.17) is 0 Å². The van der Waals surface area contributed by atoms with Crippen molar-refractivity contribution in [2.45, 2.75) is 44.2 Å². The molecule has 2 saturated heterocycles. The molecule has 29 heavy (non-hydrogen) atoms. The second-order valence-corrected chi connectivity index (χ2v) is 8.98. The van der Waals surface area contributed by atoms with Crippen molar-refractivity contribution in [1.29, 1.82) is 0 Å². The van der Waals surface area contributed by atoms with Gasteiger partial charge in [0.15, 0.2) is 0 Å². The maximum absolute atomic E-state index is 12.9. The van der Waals surface area contributed by atoms with Crippen molar-refractivity contribution in [3.05, 3.63) is 35.9 Å². The Morgan fingerprint density at radius 2 is 1.76 bits per heavy atom. The number of piperidine rings is 1. The third kappa shape index (κ3) is 3.98. The summed E-state index contributed by atoms with van der Waals surface area (Å²) in [6.45, 7) is 3.52. The number of hydrogen-bond donors (Lipinski definition) is 2. The SMILES string of the molecule is O=C(O)N1CCC(O)(CN2CCN(Cc3ccccc3)CC2=O)C2(CCCC2)C1. The van der Waals surface area contributed by atoms with Crippen LogP contribution in [0.2, 0.25) is 0 Å². The Kier molecular flexibility index (Phi) is 5.53. The van der Waals surface area contributed by atoms with E-state index in [1.165, 1.54) is 10.5 Å². The van der Waals surface area contributed by atoms with Crippen molar-refractivity contribution in [2.24, 2.45) is 5.41 Å². The Labute approximate surface area is 171 Å². The predicted molar refractivity (Wildman–Crippen MR) is 108 cm³/mol. The fraction of sp³-hybridized carbons (Fsp3) is 0.636. The summed E-state index contributed by atoms with van der Waals surface area (Å²) in [5.41, 5.74) is -0.240. The lowest BCUT2D eigenvalue weighted by atomic mass is 9.65. The Morgan fingerprint density at radius 1 is 1.03 bits per heavy atom. The normalized spacial score (nSPS) is 27.6. The largest absolute Gasteiger partial charge is 0.465 e. The van der Waals surface area contributed by atoms with Crippen LogP contribution < -0.4 is 0 Å². The first-order chi connectivity index (χ1) is 13.9. The standard InChI is InChI=1S/C22H31N3O4/c26-19-15-23(14-18-6-2-1-3-7-18)12-13-24(19)17-22(29)10-11-25(20(27)28)16-21(22)8-4-5-9-21/h1-3,6-7,29H,4-5,8-17H2,(H,27,28). The number of carbonyl (C=O) groups excluding carboxylic acids is 1. The number of β-amino-alcohol motifs (C(OH)–C–C–N with tert-alkyl or cyclic N) is 1. The average molecular weight is 402 g/mol. The number of hydrogen-bond acceptors (Lipinski definition) is 4. The average Bonchev–Trinajstić information content (AvgIpc) is 3.17. The summed E-state index contributed by atoms with van der Waals surface area (Å²) in [6, 6.07) is 10.1.